The Morgan fingerprint density at radius 2 is 1.64 bits per heavy atom. The van der Waals surface area contributed by atoms with Crippen LogP contribution in [0, 0.1) is 0 Å². The number of oxime groups is 1. The highest BCUT2D eigenvalue weighted by Gasteiger charge is 2.11. The predicted octanol–water partition coefficient (Wildman–Crippen LogP) is -3.94. The SMILES string of the molecule is C[n+]1cccc(C(=O)Oc2ccccc2)c1.C[n+]1ccccc1C=NO.[I-].[I-]. The Balaban J connectivity index is 0.000000532. The van der Waals surface area contributed by atoms with Crippen LogP contribution >= 0.6 is 0 Å². The van der Waals surface area contributed by atoms with Gasteiger partial charge < -0.3 is 57.9 Å². The van der Waals surface area contributed by atoms with Crippen molar-refractivity contribution in [2.75, 3.05) is 0 Å². The van der Waals surface area contributed by atoms with Crippen LogP contribution in [0.4, 0.5) is 0 Å². The van der Waals surface area contributed by atoms with Gasteiger partial charge in [0, 0.05) is 18.2 Å². The standard InChI is InChI=1S/C13H12NO2.C7H8N2O.2HI/c1-14-9-5-6-11(10-14)13(15)16-12-7-3-2-4-8-12;1-9-5-3-2-4-7(9)6-8-10;;/h2-10H,1H3;2-6H,1H3;2*1H/q+1;;;/p-1. The molecule has 0 saturated heterocycles. The van der Waals surface area contributed by atoms with Gasteiger partial charge in [0.25, 0.3) is 0 Å². The molecule has 148 valence electrons. The average molecular weight is 605 g/mol. The zero-order valence-electron chi connectivity index (χ0n) is 15.4. The van der Waals surface area contributed by atoms with Crippen LogP contribution in [0.5, 0.6) is 5.75 Å². The van der Waals surface area contributed by atoms with Crippen molar-refractivity contribution in [3.05, 3.63) is 90.5 Å². The van der Waals surface area contributed by atoms with E-state index in [1.165, 1.54) is 6.21 Å². The maximum atomic E-state index is 11.7. The minimum absolute atomic E-state index is 0. The molecule has 28 heavy (non-hydrogen) atoms. The van der Waals surface area contributed by atoms with Crippen LogP contribution in [0.3, 0.4) is 0 Å². The molecule has 0 spiro atoms. The lowest BCUT2D eigenvalue weighted by atomic mass is 10.3. The van der Waals surface area contributed by atoms with Gasteiger partial charge in [-0.2, -0.15) is 0 Å². The van der Waals surface area contributed by atoms with Gasteiger partial charge in [0.15, 0.2) is 18.6 Å². The van der Waals surface area contributed by atoms with Crippen LogP contribution in [-0.2, 0) is 14.1 Å². The van der Waals surface area contributed by atoms with Crippen molar-refractivity contribution in [3.8, 4) is 5.75 Å². The molecule has 0 fully saturated rings. The summed E-state index contributed by atoms with van der Waals surface area (Å²) in [5, 5.41) is 11.1. The Labute approximate surface area is 198 Å². The lowest BCUT2D eigenvalue weighted by molar-refractivity contribution is -0.672. The molecule has 0 radical (unpaired) electrons. The molecule has 6 nitrogen and oxygen atoms in total. The van der Waals surface area contributed by atoms with Crippen LogP contribution in [0.2, 0.25) is 0 Å². The van der Waals surface area contributed by atoms with Crippen molar-refractivity contribution >= 4 is 12.2 Å². The Hall–Kier alpha value is -2.08. The van der Waals surface area contributed by atoms with Crippen LogP contribution in [-0.4, -0.2) is 17.4 Å². The van der Waals surface area contributed by atoms with Gasteiger partial charge in [-0.1, -0.05) is 23.4 Å². The lowest BCUT2D eigenvalue weighted by Gasteiger charge is -2.02. The van der Waals surface area contributed by atoms with E-state index in [0.29, 0.717) is 11.3 Å². The number of halogens is 2. The summed E-state index contributed by atoms with van der Waals surface area (Å²) in [6, 6.07) is 18.2. The number of carbonyl (C=O) groups excluding carboxylic acids is 1. The average Bonchev–Trinajstić information content (AvgIpc) is 2.65. The first-order chi connectivity index (χ1) is 12.6. The fraction of sp³-hybridized carbons (Fsp3) is 0.100. The fourth-order valence-corrected chi connectivity index (χ4v) is 2.09. The van der Waals surface area contributed by atoms with E-state index < -0.39 is 0 Å². The van der Waals surface area contributed by atoms with E-state index in [0.717, 1.165) is 5.69 Å². The van der Waals surface area contributed by atoms with E-state index in [1.807, 2.05) is 78.1 Å². The number of hydrogen-bond donors (Lipinski definition) is 1. The van der Waals surface area contributed by atoms with Gasteiger partial charge in [-0.15, -0.1) is 0 Å². The zero-order chi connectivity index (χ0) is 18.8. The summed E-state index contributed by atoms with van der Waals surface area (Å²) < 4.78 is 8.87. The molecule has 0 aliphatic carbocycles. The second-order valence-electron chi connectivity index (χ2n) is 5.44. The number of hydrogen-bond acceptors (Lipinski definition) is 4. The largest absolute Gasteiger partial charge is 1.00 e. The van der Waals surface area contributed by atoms with Crippen LogP contribution < -0.4 is 61.8 Å². The van der Waals surface area contributed by atoms with Gasteiger partial charge in [-0.05, 0) is 24.3 Å². The van der Waals surface area contributed by atoms with Gasteiger partial charge in [-0.3, -0.25) is 0 Å². The number of para-hydroxylation sites is 1. The summed E-state index contributed by atoms with van der Waals surface area (Å²) >= 11 is 0. The van der Waals surface area contributed by atoms with Gasteiger partial charge in [0.2, 0.25) is 5.69 Å². The van der Waals surface area contributed by atoms with Gasteiger partial charge in [0.05, 0.1) is 0 Å². The molecule has 0 atom stereocenters. The van der Waals surface area contributed by atoms with E-state index >= 15 is 0 Å². The molecule has 0 aliphatic rings. The maximum Gasteiger partial charge on any atom is 0.349 e. The Morgan fingerprint density at radius 3 is 2.25 bits per heavy atom. The summed E-state index contributed by atoms with van der Waals surface area (Å²) in [7, 11) is 3.75. The third-order valence-electron chi connectivity index (χ3n) is 3.41. The van der Waals surface area contributed by atoms with E-state index in [2.05, 4.69) is 5.16 Å². The van der Waals surface area contributed by atoms with Crippen molar-refractivity contribution in [3.63, 3.8) is 0 Å². The lowest BCUT2D eigenvalue weighted by Crippen LogP contribution is -3.00. The molecule has 8 heteroatoms. The number of rotatable bonds is 3. The molecule has 1 aromatic carbocycles. The number of nitrogens with zero attached hydrogens (tertiary/aromatic N) is 3. The number of esters is 1. The van der Waals surface area contributed by atoms with E-state index in [-0.39, 0.29) is 53.9 Å². The molecule has 0 unspecified atom stereocenters. The summed E-state index contributed by atoms with van der Waals surface area (Å²) in [5.74, 6) is 0.210. The number of carbonyl (C=O) groups is 1. The van der Waals surface area contributed by atoms with E-state index in [9.17, 15) is 4.79 Å². The second kappa shape index (κ2) is 14.0. The van der Waals surface area contributed by atoms with E-state index in [4.69, 9.17) is 9.94 Å². The third kappa shape index (κ3) is 8.74. The predicted molar refractivity (Wildman–Crippen MR) is 96.0 cm³/mol. The second-order valence-corrected chi connectivity index (χ2v) is 5.44. The third-order valence-corrected chi connectivity index (χ3v) is 3.41. The van der Waals surface area contributed by atoms with Gasteiger partial charge in [0.1, 0.15) is 31.6 Å². The smallest absolute Gasteiger partial charge is 0.349 e. The molecule has 3 rings (SSSR count). The van der Waals surface area contributed by atoms with Crippen molar-refractivity contribution in [2.45, 2.75) is 0 Å². The topological polar surface area (TPSA) is 66.7 Å². The Bertz CT molecular complexity index is 891. The molecular weight excluding hydrogens is 584 g/mol. The highest BCUT2D eigenvalue weighted by Crippen LogP contribution is 2.10. The molecule has 1 N–H and O–H groups in total. The maximum absolute atomic E-state index is 11.7. The molecule has 2 aromatic heterocycles. The van der Waals surface area contributed by atoms with Gasteiger partial charge in [-0.25, -0.2) is 13.9 Å². The molecule has 0 aliphatic heterocycles. The normalized spacial score (nSPS) is 9.36. The first kappa shape index (κ1) is 25.9. The minimum Gasteiger partial charge on any atom is -1.00 e. The van der Waals surface area contributed by atoms with Crippen LogP contribution in [0.15, 0.2) is 84.4 Å². The minimum atomic E-state index is -0.345. The molecule has 0 bridgehead atoms. The van der Waals surface area contributed by atoms with Crippen molar-refractivity contribution < 1.29 is 71.8 Å². The molecule has 0 amide bonds. The van der Waals surface area contributed by atoms with Crippen molar-refractivity contribution in [2.24, 2.45) is 19.3 Å². The van der Waals surface area contributed by atoms with Crippen LogP contribution in [0.25, 0.3) is 0 Å². The number of ether oxygens (including phenoxy) is 1. The summed E-state index contributed by atoms with van der Waals surface area (Å²) in [6.07, 6.45) is 6.86. The number of aromatic nitrogens is 2. The number of benzene rings is 1. The quantitative estimate of drug-likeness (QED) is 0.0632. The van der Waals surface area contributed by atoms with Crippen molar-refractivity contribution in [1.29, 1.82) is 0 Å². The van der Waals surface area contributed by atoms with Crippen LogP contribution in [0.1, 0.15) is 16.1 Å². The molecule has 3 aromatic rings. The first-order valence-electron chi connectivity index (χ1n) is 7.95. The molecule has 2 heterocycles. The summed E-state index contributed by atoms with van der Waals surface area (Å²) in [6.45, 7) is 0. The summed E-state index contributed by atoms with van der Waals surface area (Å²) in [4.78, 5) is 11.7. The van der Waals surface area contributed by atoms with Gasteiger partial charge >= 0.3 is 5.97 Å². The summed E-state index contributed by atoms with van der Waals surface area (Å²) in [5.41, 5.74) is 1.40. The monoisotopic (exact) mass is 605 g/mol. The molecule has 0 saturated carbocycles. The van der Waals surface area contributed by atoms with Crippen molar-refractivity contribution in [1.82, 2.24) is 0 Å². The molecular formula is C20H21I2N3O3. The zero-order valence-corrected chi connectivity index (χ0v) is 19.8. The fourth-order valence-electron chi connectivity index (χ4n) is 2.09. The Kier molecular flexibility index (Phi) is 13.0. The number of aryl methyl sites for hydroxylation is 2. The number of pyridine rings is 2. The Morgan fingerprint density at radius 1 is 0.964 bits per heavy atom. The first-order valence-corrected chi connectivity index (χ1v) is 7.95. The van der Waals surface area contributed by atoms with E-state index in [1.54, 1.807) is 24.4 Å². The highest BCUT2D eigenvalue weighted by atomic mass is 127. The highest BCUT2D eigenvalue weighted by molar-refractivity contribution is 5.90.